The zero-order chi connectivity index (χ0) is 21.1. The van der Waals surface area contributed by atoms with E-state index in [0.717, 1.165) is 43.0 Å². The Balaban J connectivity index is 1.35. The molecule has 0 spiro atoms. The molecule has 0 bridgehead atoms. The molecule has 0 aliphatic carbocycles. The van der Waals surface area contributed by atoms with Gasteiger partial charge in [0.05, 0.1) is 14.2 Å². The Morgan fingerprint density at radius 1 is 1.13 bits per heavy atom. The third-order valence-electron chi connectivity index (χ3n) is 5.56. The van der Waals surface area contributed by atoms with Gasteiger partial charge in [-0.3, -0.25) is 4.79 Å². The van der Waals surface area contributed by atoms with Crippen molar-refractivity contribution < 1.29 is 14.3 Å². The van der Waals surface area contributed by atoms with Crippen LogP contribution in [0, 0.1) is 5.92 Å². The fraction of sp³-hybridized carbons (Fsp3) is 0.429. The van der Waals surface area contributed by atoms with Crippen LogP contribution in [-0.2, 0) is 11.3 Å². The second-order valence-electron chi connectivity index (χ2n) is 7.47. The van der Waals surface area contributed by atoms with Crippen molar-refractivity contribution in [3.63, 3.8) is 0 Å². The van der Waals surface area contributed by atoms with E-state index in [9.17, 15) is 4.79 Å². The molecule has 1 fully saturated rings. The zero-order valence-corrected chi connectivity index (χ0v) is 17.5. The van der Waals surface area contributed by atoms with Crippen LogP contribution in [0.1, 0.15) is 18.4 Å². The van der Waals surface area contributed by atoms with Gasteiger partial charge in [0.2, 0.25) is 5.91 Å². The molecule has 1 amide bonds. The molecule has 1 aromatic carbocycles. The number of anilines is 1. The molecule has 1 saturated heterocycles. The molecule has 0 N–H and O–H groups in total. The lowest BCUT2D eigenvalue weighted by Crippen LogP contribution is -2.41. The highest BCUT2D eigenvalue weighted by molar-refractivity contribution is 5.79. The summed E-state index contributed by atoms with van der Waals surface area (Å²) in [5, 5.41) is 12.4. The van der Waals surface area contributed by atoms with Crippen LogP contribution in [0.2, 0.25) is 0 Å². The van der Waals surface area contributed by atoms with E-state index < -0.39 is 0 Å². The first-order valence-electron chi connectivity index (χ1n) is 9.97. The third-order valence-corrected chi connectivity index (χ3v) is 5.56. The van der Waals surface area contributed by atoms with Crippen molar-refractivity contribution in [2.24, 2.45) is 5.92 Å². The Kier molecular flexibility index (Phi) is 5.69. The summed E-state index contributed by atoms with van der Waals surface area (Å²) in [7, 11) is 5.08. The lowest BCUT2D eigenvalue weighted by atomic mass is 9.95. The van der Waals surface area contributed by atoms with Gasteiger partial charge in [-0.2, -0.15) is 4.52 Å². The number of fused-ring (bicyclic) bond motifs is 1. The Hall–Kier alpha value is -3.36. The molecule has 30 heavy (non-hydrogen) atoms. The van der Waals surface area contributed by atoms with Gasteiger partial charge in [-0.1, -0.05) is 6.07 Å². The predicted octanol–water partition coefficient (Wildman–Crippen LogP) is 2.02. The Labute approximate surface area is 175 Å². The molecule has 0 unspecified atom stereocenters. The fourth-order valence-electron chi connectivity index (χ4n) is 3.89. The number of rotatable bonds is 6. The van der Waals surface area contributed by atoms with Crippen molar-refractivity contribution in [2.45, 2.75) is 19.4 Å². The van der Waals surface area contributed by atoms with Crippen LogP contribution in [0.25, 0.3) is 5.65 Å². The first-order chi connectivity index (χ1) is 14.6. The van der Waals surface area contributed by atoms with Gasteiger partial charge in [0.1, 0.15) is 12.1 Å². The van der Waals surface area contributed by atoms with Crippen LogP contribution in [0.5, 0.6) is 11.5 Å². The standard InChI is InChI=1S/C21H26N6O3/c1-25(13-15-4-5-17(29-2)18(12-15)30-3)21(28)16-8-10-26(11-9-16)20-7-6-19-23-22-14-27(19)24-20/h4-7,12,14,16H,8-11,13H2,1-3H3. The minimum atomic E-state index is 0.0186. The van der Waals surface area contributed by atoms with Crippen LogP contribution >= 0.6 is 0 Å². The molecule has 0 saturated carbocycles. The summed E-state index contributed by atoms with van der Waals surface area (Å²) < 4.78 is 12.3. The maximum Gasteiger partial charge on any atom is 0.225 e. The topological polar surface area (TPSA) is 85.1 Å². The van der Waals surface area contributed by atoms with E-state index in [1.807, 2.05) is 37.4 Å². The van der Waals surface area contributed by atoms with E-state index in [1.54, 1.807) is 30.0 Å². The molecule has 4 rings (SSSR count). The van der Waals surface area contributed by atoms with Crippen molar-refractivity contribution in [1.29, 1.82) is 0 Å². The summed E-state index contributed by atoms with van der Waals surface area (Å²) in [4.78, 5) is 17.0. The fourth-order valence-corrected chi connectivity index (χ4v) is 3.89. The van der Waals surface area contributed by atoms with Gasteiger partial charge in [-0.15, -0.1) is 15.3 Å². The molecular weight excluding hydrogens is 384 g/mol. The predicted molar refractivity (Wildman–Crippen MR) is 112 cm³/mol. The normalized spacial score (nSPS) is 14.7. The minimum absolute atomic E-state index is 0.0186. The first-order valence-corrected chi connectivity index (χ1v) is 9.97. The Morgan fingerprint density at radius 3 is 2.63 bits per heavy atom. The summed E-state index contributed by atoms with van der Waals surface area (Å²) in [6.45, 7) is 2.12. The smallest absolute Gasteiger partial charge is 0.225 e. The van der Waals surface area contributed by atoms with Gasteiger partial charge < -0.3 is 19.3 Å². The van der Waals surface area contributed by atoms with Crippen molar-refractivity contribution in [1.82, 2.24) is 24.7 Å². The molecule has 3 heterocycles. The van der Waals surface area contributed by atoms with E-state index in [1.165, 1.54) is 0 Å². The van der Waals surface area contributed by atoms with Crippen molar-refractivity contribution in [3.8, 4) is 11.5 Å². The van der Waals surface area contributed by atoms with Crippen LogP contribution in [-0.4, -0.2) is 65.0 Å². The van der Waals surface area contributed by atoms with Gasteiger partial charge in [0.25, 0.3) is 0 Å². The SMILES string of the molecule is COc1ccc(CN(C)C(=O)C2CCN(c3ccc4nncn4n3)CC2)cc1OC. The largest absolute Gasteiger partial charge is 0.493 e. The van der Waals surface area contributed by atoms with Gasteiger partial charge in [0, 0.05) is 32.6 Å². The number of carbonyl (C=O) groups is 1. The number of hydrogen-bond acceptors (Lipinski definition) is 7. The lowest BCUT2D eigenvalue weighted by Gasteiger charge is -2.33. The van der Waals surface area contributed by atoms with Crippen molar-refractivity contribution >= 4 is 17.4 Å². The quantitative estimate of drug-likeness (QED) is 0.615. The van der Waals surface area contributed by atoms with Crippen LogP contribution < -0.4 is 14.4 Å². The van der Waals surface area contributed by atoms with E-state index >= 15 is 0 Å². The molecule has 9 nitrogen and oxygen atoms in total. The molecule has 9 heteroatoms. The average Bonchev–Trinajstić information content (AvgIpc) is 3.26. The molecule has 0 atom stereocenters. The van der Waals surface area contributed by atoms with Crippen LogP contribution in [0.3, 0.4) is 0 Å². The lowest BCUT2D eigenvalue weighted by molar-refractivity contribution is -0.135. The molecule has 2 aromatic heterocycles. The number of hydrogen-bond donors (Lipinski definition) is 0. The van der Waals surface area contributed by atoms with E-state index in [0.29, 0.717) is 18.0 Å². The number of nitrogens with zero attached hydrogens (tertiary/aromatic N) is 6. The number of ether oxygens (including phenoxy) is 2. The van der Waals surface area contributed by atoms with E-state index in [-0.39, 0.29) is 11.8 Å². The van der Waals surface area contributed by atoms with E-state index in [4.69, 9.17) is 9.47 Å². The first kappa shape index (κ1) is 19.9. The molecule has 3 aromatic rings. The Bertz CT molecular complexity index is 1030. The average molecular weight is 410 g/mol. The minimum Gasteiger partial charge on any atom is -0.493 e. The second-order valence-corrected chi connectivity index (χ2v) is 7.47. The zero-order valence-electron chi connectivity index (χ0n) is 17.5. The van der Waals surface area contributed by atoms with Gasteiger partial charge in [-0.25, -0.2) is 0 Å². The highest BCUT2D eigenvalue weighted by Crippen LogP contribution is 2.29. The number of methoxy groups -OCH3 is 2. The van der Waals surface area contributed by atoms with Gasteiger partial charge in [0.15, 0.2) is 17.1 Å². The summed E-state index contributed by atoms with van der Waals surface area (Å²) in [6.07, 6.45) is 3.20. The number of aromatic nitrogens is 4. The van der Waals surface area contributed by atoms with Gasteiger partial charge >= 0.3 is 0 Å². The summed E-state index contributed by atoms with van der Waals surface area (Å²) in [5.41, 5.74) is 1.73. The second kappa shape index (κ2) is 8.56. The number of carbonyl (C=O) groups excluding carboxylic acids is 1. The molecule has 158 valence electrons. The molecule has 1 aliphatic heterocycles. The number of amides is 1. The number of piperidine rings is 1. The maximum atomic E-state index is 13.0. The maximum absolute atomic E-state index is 13.0. The monoisotopic (exact) mass is 410 g/mol. The molecular formula is C21H26N6O3. The van der Waals surface area contributed by atoms with Gasteiger partial charge in [-0.05, 0) is 42.7 Å². The molecule has 0 radical (unpaired) electrons. The van der Waals surface area contributed by atoms with Crippen molar-refractivity contribution in [3.05, 3.63) is 42.2 Å². The van der Waals surface area contributed by atoms with Crippen molar-refractivity contribution in [2.75, 3.05) is 39.3 Å². The summed E-state index contributed by atoms with van der Waals surface area (Å²) in [6, 6.07) is 9.60. The van der Waals surface area contributed by atoms with E-state index in [2.05, 4.69) is 20.2 Å². The third kappa shape index (κ3) is 4.00. The summed E-state index contributed by atoms with van der Waals surface area (Å²) in [5.74, 6) is 2.42. The Morgan fingerprint density at radius 2 is 1.90 bits per heavy atom. The highest BCUT2D eigenvalue weighted by atomic mass is 16.5. The number of benzene rings is 1. The highest BCUT2D eigenvalue weighted by Gasteiger charge is 2.28. The van der Waals surface area contributed by atoms with Crippen LogP contribution in [0.4, 0.5) is 5.82 Å². The van der Waals surface area contributed by atoms with Crippen LogP contribution in [0.15, 0.2) is 36.7 Å². The summed E-state index contributed by atoms with van der Waals surface area (Å²) >= 11 is 0. The molecule has 1 aliphatic rings.